The predicted octanol–water partition coefficient (Wildman–Crippen LogP) is 1.57. The molecule has 0 saturated heterocycles. The van der Waals surface area contributed by atoms with Gasteiger partial charge in [0.25, 0.3) is 0 Å². The van der Waals surface area contributed by atoms with Crippen LogP contribution in [0.2, 0.25) is 10.0 Å². The van der Waals surface area contributed by atoms with Crippen LogP contribution in [0.5, 0.6) is 0 Å². The second kappa shape index (κ2) is 4.15. The Kier molecular flexibility index (Phi) is 3.39. The van der Waals surface area contributed by atoms with Crippen molar-refractivity contribution in [1.29, 1.82) is 0 Å². The molecule has 5 heteroatoms. The van der Waals surface area contributed by atoms with Gasteiger partial charge >= 0.3 is 0 Å². The Morgan fingerprint density at radius 2 is 1.92 bits per heavy atom. The summed E-state index contributed by atoms with van der Waals surface area (Å²) < 4.78 is 0. The van der Waals surface area contributed by atoms with Crippen LogP contribution in [0.1, 0.15) is 11.7 Å². The van der Waals surface area contributed by atoms with Crippen molar-refractivity contribution in [2.24, 2.45) is 5.73 Å². The molecule has 0 aliphatic carbocycles. The number of anilines is 1. The van der Waals surface area contributed by atoms with E-state index in [2.05, 4.69) is 0 Å². The number of aliphatic hydroxyl groups is 1. The molecule has 3 nitrogen and oxygen atoms in total. The van der Waals surface area contributed by atoms with Crippen LogP contribution in [-0.2, 0) is 0 Å². The van der Waals surface area contributed by atoms with Crippen molar-refractivity contribution in [3.8, 4) is 0 Å². The number of benzene rings is 1. The smallest absolute Gasteiger partial charge is 0.0927 e. The van der Waals surface area contributed by atoms with Crippen LogP contribution in [0.4, 0.5) is 5.69 Å². The normalized spacial score (nSPS) is 12.9. The van der Waals surface area contributed by atoms with E-state index in [0.717, 1.165) is 0 Å². The van der Waals surface area contributed by atoms with Gasteiger partial charge in [0.1, 0.15) is 0 Å². The van der Waals surface area contributed by atoms with Gasteiger partial charge < -0.3 is 16.6 Å². The van der Waals surface area contributed by atoms with E-state index >= 15 is 0 Å². The van der Waals surface area contributed by atoms with Gasteiger partial charge in [-0.25, -0.2) is 0 Å². The molecule has 1 rings (SSSR count). The van der Waals surface area contributed by atoms with Crippen molar-refractivity contribution in [2.45, 2.75) is 6.10 Å². The summed E-state index contributed by atoms with van der Waals surface area (Å²) in [5.41, 5.74) is 11.7. The molecule has 1 aromatic rings. The maximum atomic E-state index is 9.42. The van der Waals surface area contributed by atoms with E-state index in [1.807, 2.05) is 0 Å². The van der Waals surface area contributed by atoms with Gasteiger partial charge in [-0.2, -0.15) is 0 Å². The van der Waals surface area contributed by atoms with Crippen molar-refractivity contribution in [3.05, 3.63) is 27.7 Å². The lowest BCUT2D eigenvalue weighted by atomic mass is 10.1. The predicted molar refractivity (Wildman–Crippen MR) is 54.9 cm³/mol. The molecule has 0 spiro atoms. The van der Waals surface area contributed by atoms with Crippen LogP contribution >= 0.6 is 23.2 Å². The highest BCUT2D eigenvalue weighted by atomic mass is 35.5. The third-order valence-electron chi connectivity index (χ3n) is 1.72. The first-order chi connectivity index (χ1) is 6.07. The van der Waals surface area contributed by atoms with Gasteiger partial charge in [0, 0.05) is 12.1 Å². The first-order valence-electron chi connectivity index (χ1n) is 3.69. The average Bonchev–Trinajstić information content (AvgIpc) is 2.13. The Morgan fingerprint density at radius 1 is 1.31 bits per heavy atom. The first kappa shape index (κ1) is 10.6. The highest BCUT2D eigenvalue weighted by Crippen LogP contribution is 2.33. The molecule has 13 heavy (non-hydrogen) atoms. The summed E-state index contributed by atoms with van der Waals surface area (Å²) >= 11 is 11.6. The quantitative estimate of drug-likeness (QED) is 0.663. The van der Waals surface area contributed by atoms with Crippen molar-refractivity contribution in [3.63, 3.8) is 0 Å². The molecule has 1 aromatic carbocycles. The average molecular weight is 221 g/mol. The van der Waals surface area contributed by atoms with E-state index in [4.69, 9.17) is 34.7 Å². The molecule has 0 radical (unpaired) electrons. The van der Waals surface area contributed by atoms with Gasteiger partial charge in [-0.05, 0) is 6.07 Å². The minimum Gasteiger partial charge on any atom is -0.397 e. The molecule has 0 bridgehead atoms. The second-order valence-corrected chi connectivity index (χ2v) is 3.38. The van der Waals surface area contributed by atoms with Crippen molar-refractivity contribution in [2.75, 3.05) is 12.3 Å². The number of aliphatic hydroxyl groups excluding tert-OH is 1. The Labute approximate surface area is 86.2 Å². The summed E-state index contributed by atoms with van der Waals surface area (Å²) in [7, 11) is 0. The zero-order valence-corrected chi connectivity index (χ0v) is 8.31. The Balaban J connectivity index is 3.18. The third kappa shape index (κ3) is 2.06. The maximum Gasteiger partial charge on any atom is 0.0927 e. The number of hydrogen-bond acceptors (Lipinski definition) is 3. The van der Waals surface area contributed by atoms with E-state index in [9.17, 15) is 5.11 Å². The van der Waals surface area contributed by atoms with Gasteiger partial charge in [-0.15, -0.1) is 0 Å². The highest BCUT2D eigenvalue weighted by molar-refractivity contribution is 6.44. The first-order valence-corrected chi connectivity index (χ1v) is 4.45. The molecule has 5 N–H and O–H groups in total. The molecular weight excluding hydrogens is 211 g/mol. The lowest BCUT2D eigenvalue weighted by molar-refractivity contribution is 0.187. The lowest BCUT2D eigenvalue weighted by Gasteiger charge is -2.12. The summed E-state index contributed by atoms with van der Waals surface area (Å²) in [5.74, 6) is 0. The summed E-state index contributed by atoms with van der Waals surface area (Å²) in [5, 5.41) is 9.94. The largest absolute Gasteiger partial charge is 0.397 e. The minimum atomic E-state index is -0.800. The number of rotatable bonds is 2. The SMILES string of the molecule is NCC(O)c1ccc(N)c(Cl)c1Cl. The van der Waals surface area contributed by atoms with E-state index in [1.54, 1.807) is 12.1 Å². The van der Waals surface area contributed by atoms with Gasteiger partial charge in [0.05, 0.1) is 21.8 Å². The monoisotopic (exact) mass is 220 g/mol. The molecule has 0 fully saturated rings. The molecule has 0 aliphatic rings. The van der Waals surface area contributed by atoms with Crippen LogP contribution in [-0.4, -0.2) is 11.7 Å². The molecule has 0 saturated carbocycles. The van der Waals surface area contributed by atoms with E-state index in [-0.39, 0.29) is 16.6 Å². The fourth-order valence-corrected chi connectivity index (χ4v) is 1.43. The molecule has 1 unspecified atom stereocenters. The van der Waals surface area contributed by atoms with Crippen molar-refractivity contribution < 1.29 is 5.11 Å². The molecule has 0 heterocycles. The zero-order chi connectivity index (χ0) is 10.0. The van der Waals surface area contributed by atoms with Crippen molar-refractivity contribution in [1.82, 2.24) is 0 Å². The van der Waals surface area contributed by atoms with Gasteiger partial charge in [0.15, 0.2) is 0 Å². The number of halogens is 2. The summed E-state index contributed by atoms with van der Waals surface area (Å²) in [6.07, 6.45) is -0.800. The fraction of sp³-hybridized carbons (Fsp3) is 0.250. The molecular formula is C8H10Cl2N2O. The fourth-order valence-electron chi connectivity index (χ4n) is 0.964. The number of nitrogen functional groups attached to an aromatic ring is 1. The summed E-state index contributed by atoms with van der Waals surface area (Å²) in [6.45, 7) is 0.0972. The maximum absolute atomic E-state index is 9.42. The lowest BCUT2D eigenvalue weighted by Crippen LogP contribution is -2.12. The standard InChI is InChI=1S/C8H10Cl2N2O/c9-7-4(6(13)3-11)1-2-5(12)8(7)10/h1-2,6,13H,3,11-12H2. The third-order valence-corrected chi connectivity index (χ3v) is 2.64. The Morgan fingerprint density at radius 3 is 2.46 bits per heavy atom. The van der Waals surface area contributed by atoms with Gasteiger partial charge in [-0.3, -0.25) is 0 Å². The van der Waals surface area contributed by atoms with E-state index in [1.165, 1.54) is 0 Å². The molecule has 0 amide bonds. The van der Waals surface area contributed by atoms with Crippen LogP contribution in [0.15, 0.2) is 12.1 Å². The summed E-state index contributed by atoms with van der Waals surface area (Å²) in [4.78, 5) is 0. The van der Waals surface area contributed by atoms with Crippen LogP contribution in [0, 0.1) is 0 Å². The van der Waals surface area contributed by atoms with E-state index < -0.39 is 6.10 Å². The summed E-state index contributed by atoms with van der Waals surface area (Å²) in [6, 6.07) is 3.20. The zero-order valence-electron chi connectivity index (χ0n) is 6.80. The van der Waals surface area contributed by atoms with Gasteiger partial charge in [0.2, 0.25) is 0 Å². The van der Waals surface area contributed by atoms with Crippen LogP contribution < -0.4 is 11.5 Å². The molecule has 1 atom stereocenters. The second-order valence-electron chi connectivity index (χ2n) is 2.62. The van der Waals surface area contributed by atoms with Crippen LogP contribution in [0.25, 0.3) is 0 Å². The molecule has 0 aromatic heterocycles. The number of hydrogen-bond donors (Lipinski definition) is 3. The highest BCUT2D eigenvalue weighted by Gasteiger charge is 2.13. The molecule has 72 valence electrons. The van der Waals surface area contributed by atoms with Crippen LogP contribution in [0.3, 0.4) is 0 Å². The Bertz CT molecular complexity index is 317. The topological polar surface area (TPSA) is 72.3 Å². The van der Waals surface area contributed by atoms with E-state index in [0.29, 0.717) is 11.3 Å². The number of nitrogens with two attached hydrogens (primary N) is 2. The minimum absolute atomic E-state index is 0.0972. The van der Waals surface area contributed by atoms with Crippen molar-refractivity contribution >= 4 is 28.9 Å². The van der Waals surface area contributed by atoms with Gasteiger partial charge in [-0.1, -0.05) is 29.3 Å². The molecule has 0 aliphatic heterocycles. The Hall–Kier alpha value is -0.480.